The van der Waals surface area contributed by atoms with Crippen LogP contribution in [0.25, 0.3) is 5.78 Å². The normalized spacial score (nSPS) is 11.0. The van der Waals surface area contributed by atoms with Crippen LogP contribution >= 0.6 is 23.2 Å². The highest BCUT2D eigenvalue weighted by molar-refractivity contribution is 6.36. The molecule has 1 N–H and O–H groups in total. The third-order valence-corrected chi connectivity index (χ3v) is 3.81. The molecule has 5 nitrogen and oxygen atoms in total. The van der Waals surface area contributed by atoms with E-state index < -0.39 is 0 Å². The molecule has 3 rings (SSSR count). The molecule has 0 unspecified atom stereocenters. The molecule has 0 saturated heterocycles. The van der Waals surface area contributed by atoms with Gasteiger partial charge in [-0.2, -0.15) is 9.50 Å². The van der Waals surface area contributed by atoms with E-state index in [9.17, 15) is 0 Å². The van der Waals surface area contributed by atoms with E-state index in [2.05, 4.69) is 20.4 Å². The van der Waals surface area contributed by atoms with Gasteiger partial charge in [0.2, 0.25) is 5.95 Å². The van der Waals surface area contributed by atoms with Crippen LogP contribution in [0.5, 0.6) is 0 Å². The SMILES string of the molecule is Cc1cc(C)n2nc(NCc3c(Cl)cccc3Cl)nc2n1. The molecule has 1 aromatic carbocycles. The Labute approximate surface area is 131 Å². The van der Waals surface area contributed by atoms with Crippen molar-refractivity contribution in [1.82, 2.24) is 19.6 Å². The van der Waals surface area contributed by atoms with Gasteiger partial charge in [-0.1, -0.05) is 29.3 Å². The van der Waals surface area contributed by atoms with E-state index in [0.717, 1.165) is 17.0 Å². The number of hydrogen-bond donors (Lipinski definition) is 1. The molecule has 0 aliphatic rings. The molecule has 108 valence electrons. The second-order valence-electron chi connectivity index (χ2n) is 4.74. The van der Waals surface area contributed by atoms with E-state index in [1.54, 1.807) is 16.6 Å². The van der Waals surface area contributed by atoms with Crippen molar-refractivity contribution >= 4 is 34.9 Å². The average Bonchev–Trinajstić information content (AvgIpc) is 2.81. The fraction of sp³-hybridized carbons (Fsp3) is 0.214. The molecule has 0 bridgehead atoms. The van der Waals surface area contributed by atoms with Gasteiger partial charge in [-0.05, 0) is 32.0 Å². The predicted molar refractivity (Wildman–Crippen MR) is 84.0 cm³/mol. The molecule has 2 aromatic heterocycles. The molecular weight excluding hydrogens is 309 g/mol. The highest BCUT2D eigenvalue weighted by Crippen LogP contribution is 2.24. The van der Waals surface area contributed by atoms with Gasteiger partial charge >= 0.3 is 0 Å². The van der Waals surface area contributed by atoms with Crippen LogP contribution in [0.1, 0.15) is 17.0 Å². The van der Waals surface area contributed by atoms with Crippen LogP contribution in [0.2, 0.25) is 10.0 Å². The lowest BCUT2D eigenvalue weighted by molar-refractivity contribution is 0.882. The third-order valence-electron chi connectivity index (χ3n) is 3.10. The van der Waals surface area contributed by atoms with Crippen molar-refractivity contribution in [3.8, 4) is 0 Å². The smallest absolute Gasteiger partial charge is 0.254 e. The molecular formula is C14H13Cl2N5. The van der Waals surface area contributed by atoms with E-state index in [1.807, 2.05) is 26.0 Å². The quantitative estimate of drug-likeness (QED) is 0.799. The fourth-order valence-electron chi connectivity index (χ4n) is 2.11. The Morgan fingerprint density at radius 3 is 2.57 bits per heavy atom. The maximum atomic E-state index is 6.14. The zero-order chi connectivity index (χ0) is 15.0. The predicted octanol–water partition coefficient (Wildman–Crippen LogP) is 3.66. The summed E-state index contributed by atoms with van der Waals surface area (Å²) in [5.41, 5.74) is 2.71. The number of hydrogen-bond acceptors (Lipinski definition) is 4. The molecule has 2 heterocycles. The summed E-state index contributed by atoms with van der Waals surface area (Å²) in [5, 5.41) is 8.73. The zero-order valence-electron chi connectivity index (χ0n) is 11.6. The van der Waals surface area contributed by atoms with E-state index >= 15 is 0 Å². The fourth-order valence-corrected chi connectivity index (χ4v) is 2.64. The molecule has 21 heavy (non-hydrogen) atoms. The van der Waals surface area contributed by atoms with Gasteiger partial charge in [-0.3, -0.25) is 0 Å². The topological polar surface area (TPSA) is 55.1 Å². The Bertz CT molecular complexity index is 792. The van der Waals surface area contributed by atoms with E-state index in [-0.39, 0.29) is 0 Å². The van der Waals surface area contributed by atoms with Crippen LogP contribution in [-0.2, 0) is 6.54 Å². The zero-order valence-corrected chi connectivity index (χ0v) is 13.1. The lowest BCUT2D eigenvalue weighted by Gasteiger charge is -2.06. The van der Waals surface area contributed by atoms with Crippen LogP contribution in [0, 0.1) is 13.8 Å². The minimum Gasteiger partial charge on any atom is -0.349 e. The molecule has 3 aromatic rings. The number of anilines is 1. The van der Waals surface area contributed by atoms with Crippen LogP contribution in [-0.4, -0.2) is 19.6 Å². The molecule has 0 atom stereocenters. The molecule has 0 spiro atoms. The number of nitrogens with one attached hydrogen (secondary N) is 1. The maximum absolute atomic E-state index is 6.14. The van der Waals surface area contributed by atoms with Crippen molar-refractivity contribution in [2.75, 3.05) is 5.32 Å². The summed E-state index contributed by atoms with van der Waals surface area (Å²) in [6, 6.07) is 7.37. The van der Waals surface area contributed by atoms with Gasteiger partial charge in [0.15, 0.2) is 0 Å². The Morgan fingerprint density at radius 1 is 1.14 bits per heavy atom. The minimum absolute atomic E-state index is 0.452. The average molecular weight is 322 g/mol. The van der Waals surface area contributed by atoms with Crippen molar-refractivity contribution in [3.05, 3.63) is 51.3 Å². The highest BCUT2D eigenvalue weighted by atomic mass is 35.5. The van der Waals surface area contributed by atoms with Crippen LogP contribution < -0.4 is 5.32 Å². The molecule has 0 amide bonds. The van der Waals surface area contributed by atoms with Crippen LogP contribution in [0.4, 0.5) is 5.95 Å². The first-order valence-electron chi connectivity index (χ1n) is 6.42. The van der Waals surface area contributed by atoms with Crippen molar-refractivity contribution in [3.63, 3.8) is 0 Å². The summed E-state index contributed by atoms with van der Waals surface area (Å²) < 4.78 is 1.70. The van der Waals surface area contributed by atoms with Crippen molar-refractivity contribution < 1.29 is 0 Å². The summed E-state index contributed by atoms with van der Waals surface area (Å²) in [7, 11) is 0. The highest BCUT2D eigenvalue weighted by Gasteiger charge is 2.09. The van der Waals surface area contributed by atoms with Gasteiger partial charge in [0.05, 0.1) is 0 Å². The Kier molecular flexibility index (Phi) is 3.69. The van der Waals surface area contributed by atoms with Gasteiger partial charge < -0.3 is 5.32 Å². The van der Waals surface area contributed by atoms with Gasteiger partial charge in [0, 0.05) is 33.5 Å². The number of aromatic nitrogens is 4. The summed E-state index contributed by atoms with van der Waals surface area (Å²) in [6.45, 7) is 4.34. The maximum Gasteiger partial charge on any atom is 0.254 e. The molecule has 0 radical (unpaired) electrons. The number of halogens is 2. The molecule has 0 saturated carbocycles. The number of nitrogens with zero attached hydrogens (tertiary/aromatic N) is 4. The van der Waals surface area contributed by atoms with Gasteiger partial charge in [0.1, 0.15) is 0 Å². The Hall–Kier alpha value is -1.85. The first-order chi connectivity index (χ1) is 10.0. The Balaban J connectivity index is 1.87. The lowest BCUT2D eigenvalue weighted by Crippen LogP contribution is -2.03. The van der Waals surface area contributed by atoms with E-state index in [0.29, 0.717) is 28.3 Å². The lowest BCUT2D eigenvalue weighted by atomic mass is 10.2. The van der Waals surface area contributed by atoms with Crippen molar-refractivity contribution in [1.29, 1.82) is 0 Å². The van der Waals surface area contributed by atoms with Gasteiger partial charge in [0.25, 0.3) is 5.78 Å². The van der Waals surface area contributed by atoms with Crippen molar-refractivity contribution in [2.45, 2.75) is 20.4 Å². The number of fused-ring (bicyclic) bond motifs is 1. The number of aryl methyl sites for hydroxylation is 2. The summed E-state index contributed by atoms with van der Waals surface area (Å²) in [5.74, 6) is 1.06. The molecule has 0 aliphatic carbocycles. The summed E-state index contributed by atoms with van der Waals surface area (Å²) in [6.07, 6.45) is 0. The molecule has 7 heteroatoms. The van der Waals surface area contributed by atoms with Crippen LogP contribution in [0.3, 0.4) is 0 Å². The summed E-state index contributed by atoms with van der Waals surface area (Å²) >= 11 is 12.3. The standard InChI is InChI=1S/C14H13Cl2N5/c1-8-6-9(2)21-14(18-8)19-13(20-21)17-7-10-11(15)4-3-5-12(10)16/h3-6H,7H2,1-2H3,(H,17,20). The largest absolute Gasteiger partial charge is 0.349 e. The van der Waals surface area contributed by atoms with Crippen LogP contribution in [0.15, 0.2) is 24.3 Å². The number of benzene rings is 1. The minimum atomic E-state index is 0.452. The first kappa shape index (κ1) is 14.1. The monoisotopic (exact) mass is 321 g/mol. The van der Waals surface area contributed by atoms with E-state index in [1.165, 1.54) is 0 Å². The molecule has 0 aliphatic heterocycles. The van der Waals surface area contributed by atoms with E-state index in [4.69, 9.17) is 23.2 Å². The third kappa shape index (κ3) is 2.80. The second kappa shape index (κ2) is 5.50. The first-order valence-corrected chi connectivity index (χ1v) is 7.18. The summed E-state index contributed by atoms with van der Waals surface area (Å²) in [4.78, 5) is 8.70. The second-order valence-corrected chi connectivity index (χ2v) is 5.55. The number of rotatable bonds is 3. The Morgan fingerprint density at radius 2 is 1.86 bits per heavy atom. The van der Waals surface area contributed by atoms with Gasteiger partial charge in [-0.25, -0.2) is 4.98 Å². The van der Waals surface area contributed by atoms with Gasteiger partial charge in [-0.15, -0.1) is 5.10 Å². The molecule has 0 fully saturated rings. The van der Waals surface area contributed by atoms with Crippen molar-refractivity contribution in [2.24, 2.45) is 0 Å².